The number of hydrogen-bond donors (Lipinski definition) is 2. The first-order valence-corrected chi connectivity index (χ1v) is 7.89. The van der Waals surface area contributed by atoms with E-state index in [-0.39, 0.29) is 13.5 Å². The zero-order valence-electron chi connectivity index (χ0n) is 14.6. The SMILES string of the molecule is Cc1cc(C)c(B(N)B(N)c2c(C)cc(C)cc2C)c(C)c1. The average molecular weight is 292 g/mol. The number of aryl methyl sites for hydroxylation is 6. The fourth-order valence-electron chi connectivity index (χ4n) is 3.79. The molecule has 0 bridgehead atoms. The van der Waals surface area contributed by atoms with Gasteiger partial charge in [-0.2, -0.15) is 0 Å². The molecular formula is C18H26B2N2. The zero-order valence-corrected chi connectivity index (χ0v) is 14.6. The Hall–Kier alpha value is -1.51. The van der Waals surface area contributed by atoms with Gasteiger partial charge in [-0.25, -0.2) is 0 Å². The minimum Gasteiger partial charge on any atom is -0.370 e. The molecule has 0 aliphatic carbocycles. The highest BCUT2D eigenvalue weighted by Crippen LogP contribution is 2.09. The predicted octanol–water partition coefficient (Wildman–Crippen LogP) is 1.63. The van der Waals surface area contributed by atoms with Crippen molar-refractivity contribution in [2.45, 2.75) is 41.5 Å². The van der Waals surface area contributed by atoms with Gasteiger partial charge in [0, 0.05) is 0 Å². The molecule has 2 rings (SSSR count). The molecule has 0 saturated heterocycles. The van der Waals surface area contributed by atoms with Crippen LogP contribution in [-0.4, -0.2) is 13.5 Å². The average Bonchev–Trinajstić information content (AvgIpc) is 2.35. The molecule has 4 heteroatoms. The summed E-state index contributed by atoms with van der Waals surface area (Å²) in [4.78, 5) is 0. The maximum absolute atomic E-state index is 6.57. The molecule has 114 valence electrons. The molecule has 4 N–H and O–H groups in total. The van der Waals surface area contributed by atoms with Crippen molar-refractivity contribution in [2.75, 3.05) is 0 Å². The van der Waals surface area contributed by atoms with E-state index in [0.717, 1.165) is 0 Å². The molecule has 2 aromatic carbocycles. The molecule has 0 spiro atoms. The van der Waals surface area contributed by atoms with E-state index < -0.39 is 0 Å². The Morgan fingerprint density at radius 2 is 0.773 bits per heavy atom. The van der Waals surface area contributed by atoms with Crippen molar-refractivity contribution in [3.63, 3.8) is 0 Å². The van der Waals surface area contributed by atoms with Crippen LogP contribution in [0.1, 0.15) is 33.4 Å². The summed E-state index contributed by atoms with van der Waals surface area (Å²) in [7, 11) is 0. The van der Waals surface area contributed by atoms with E-state index in [9.17, 15) is 0 Å². The molecule has 0 unspecified atom stereocenters. The van der Waals surface area contributed by atoms with Crippen molar-refractivity contribution < 1.29 is 0 Å². The van der Waals surface area contributed by atoms with Crippen molar-refractivity contribution >= 4 is 24.4 Å². The van der Waals surface area contributed by atoms with Crippen molar-refractivity contribution in [1.82, 2.24) is 0 Å². The van der Waals surface area contributed by atoms with Crippen LogP contribution in [0.25, 0.3) is 0 Å². The molecule has 0 radical (unpaired) electrons. The third-order valence-electron chi connectivity index (χ3n) is 4.53. The van der Waals surface area contributed by atoms with Gasteiger partial charge in [-0.1, -0.05) is 68.6 Å². The van der Waals surface area contributed by atoms with Gasteiger partial charge < -0.3 is 11.3 Å². The van der Waals surface area contributed by atoms with E-state index in [1.165, 1.54) is 44.3 Å². The van der Waals surface area contributed by atoms with Crippen LogP contribution in [0.15, 0.2) is 24.3 Å². The van der Waals surface area contributed by atoms with Crippen molar-refractivity contribution in [2.24, 2.45) is 11.3 Å². The Balaban J connectivity index is 2.49. The van der Waals surface area contributed by atoms with Crippen LogP contribution in [0.4, 0.5) is 0 Å². The molecule has 0 aliphatic rings. The van der Waals surface area contributed by atoms with Gasteiger partial charge in [0.25, 0.3) is 0 Å². The Morgan fingerprint density at radius 1 is 0.545 bits per heavy atom. The minimum atomic E-state index is -0.194. The van der Waals surface area contributed by atoms with E-state index >= 15 is 0 Å². The normalized spacial score (nSPS) is 10.7. The summed E-state index contributed by atoms with van der Waals surface area (Å²) in [5.41, 5.74) is 22.9. The third-order valence-corrected chi connectivity index (χ3v) is 4.53. The number of rotatable bonds is 3. The van der Waals surface area contributed by atoms with Gasteiger partial charge in [-0.15, -0.1) is 0 Å². The predicted molar refractivity (Wildman–Crippen MR) is 100 cm³/mol. The summed E-state index contributed by atoms with van der Waals surface area (Å²) in [6, 6.07) is 8.74. The highest BCUT2D eigenvalue weighted by molar-refractivity contribution is 7.30. The lowest BCUT2D eigenvalue weighted by Crippen LogP contribution is -2.66. The number of nitrogens with two attached hydrogens (primary N) is 2. The summed E-state index contributed by atoms with van der Waals surface area (Å²) in [6.45, 7) is 12.3. The van der Waals surface area contributed by atoms with E-state index in [0.29, 0.717) is 0 Å². The van der Waals surface area contributed by atoms with Gasteiger partial charge in [-0.3, -0.25) is 0 Å². The molecule has 2 nitrogen and oxygen atoms in total. The fraction of sp³-hybridized carbons (Fsp3) is 0.333. The molecule has 0 atom stereocenters. The molecule has 0 aromatic heterocycles. The summed E-state index contributed by atoms with van der Waals surface area (Å²) in [5, 5.41) is 0. The Morgan fingerprint density at radius 3 is 1.00 bits per heavy atom. The summed E-state index contributed by atoms with van der Waals surface area (Å²) in [6.07, 6.45) is 0. The molecule has 22 heavy (non-hydrogen) atoms. The maximum atomic E-state index is 6.57. The van der Waals surface area contributed by atoms with Gasteiger partial charge in [0.05, 0.1) is 0 Å². The highest BCUT2D eigenvalue weighted by Gasteiger charge is 2.30. The molecule has 2 aromatic rings. The molecule has 0 heterocycles. The maximum Gasteiger partial charge on any atom is 0.242 e. The third kappa shape index (κ3) is 3.13. The molecule has 0 saturated carbocycles. The molecular weight excluding hydrogens is 266 g/mol. The van der Waals surface area contributed by atoms with Gasteiger partial charge >= 0.3 is 0 Å². The van der Waals surface area contributed by atoms with Gasteiger partial charge in [0.1, 0.15) is 0 Å². The summed E-state index contributed by atoms with van der Waals surface area (Å²) < 4.78 is 0. The van der Waals surface area contributed by atoms with E-state index in [1.54, 1.807) is 0 Å². The van der Waals surface area contributed by atoms with Crippen LogP contribution in [0.2, 0.25) is 0 Å². The lowest BCUT2D eigenvalue weighted by molar-refractivity contribution is 1.34. The number of benzene rings is 2. The molecule has 0 fully saturated rings. The van der Waals surface area contributed by atoms with Gasteiger partial charge in [0.15, 0.2) is 0 Å². The fourth-order valence-corrected chi connectivity index (χ4v) is 3.79. The van der Waals surface area contributed by atoms with Crippen molar-refractivity contribution in [1.29, 1.82) is 0 Å². The highest BCUT2D eigenvalue weighted by atomic mass is 14.5. The Bertz CT molecular complexity index is 603. The minimum absolute atomic E-state index is 0.194. The lowest BCUT2D eigenvalue weighted by Gasteiger charge is -2.22. The van der Waals surface area contributed by atoms with Crippen LogP contribution in [0.3, 0.4) is 0 Å². The second-order valence-electron chi connectivity index (χ2n) is 6.68. The Labute approximate surface area is 135 Å². The zero-order chi connectivity index (χ0) is 16.6. The number of hydrogen-bond acceptors (Lipinski definition) is 2. The monoisotopic (exact) mass is 292 g/mol. The van der Waals surface area contributed by atoms with Gasteiger partial charge in [0.2, 0.25) is 13.5 Å². The van der Waals surface area contributed by atoms with E-state index in [1.807, 2.05) is 0 Å². The van der Waals surface area contributed by atoms with Crippen molar-refractivity contribution in [3.05, 3.63) is 57.6 Å². The first kappa shape index (κ1) is 16.9. The second-order valence-corrected chi connectivity index (χ2v) is 6.68. The first-order valence-electron chi connectivity index (χ1n) is 7.89. The Kier molecular flexibility index (Phi) is 4.84. The van der Waals surface area contributed by atoms with E-state index in [4.69, 9.17) is 11.3 Å². The van der Waals surface area contributed by atoms with Crippen LogP contribution >= 0.6 is 0 Å². The first-order chi connectivity index (χ1) is 10.2. The smallest absolute Gasteiger partial charge is 0.242 e. The standard InChI is InChI=1S/C18H26B2N2/c1-11-7-13(3)17(14(4)8-11)19(21)20(22)18-15(5)9-12(2)10-16(18)6/h7-10H,21-22H2,1-6H3. The van der Waals surface area contributed by atoms with E-state index in [2.05, 4.69) is 65.8 Å². The second kappa shape index (κ2) is 6.31. The van der Waals surface area contributed by atoms with Crippen LogP contribution in [-0.2, 0) is 0 Å². The van der Waals surface area contributed by atoms with Crippen molar-refractivity contribution in [3.8, 4) is 0 Å². The quantitative estimate of drug-likeness (QED) is 0.845. The molecule has 0 amide bonds. The topological polar surface area (TPSA) is 52.0 Å². The largest absolute Gasteiger partial charge is 0.370 e. The summed E-state index contributed by atoms with van der Waals surface area (Å²) >= 11 is 0. The van der Waals surface area contributed by atoms with Crippen LogP contribution in [0.5, 0.6) is 0 Å². The summed E-state index contributed by atoms with van der Waals surface area (Å²) in [5.74, 6) is 0. The van der Waals surface area contributed by atoms with Crippen LogP contribution < -0.4 is 22.2 Å². The van der Waals surface area contributed by atoms with Crippen LogP contribution in [0, 0.1) is 41.5 Å². The molecule has 0 aliphatic heterocycles. The lowest BCUT2D eigenvalue weighted by atomic mass is 9.16. The van der Waals surface area contributed by atoms with Gasteiger partial charge in [-0.05, 0) is 41.5 Å².